The normalized spacial score (nSPS) is 11.0. The summed E-state index contributed by atoms with van der Waals surface area (Å²) in [7, 11) is -2.67. The quantitative estimate of drug-likeness (QED) is 0.137. The van der Waals surface area contributed by atoms with Crippen LogP contribution in [0.4, 0.5) is 16.2 Å². The number of rotatable bonds is 14. The van der Waals surface area contributed by atoms with E-state index in [1.54, 1.807) is 36.4 Å². The van der Waals surface area contributed by atoms with Crippen molar-refractivity contribution in [2.45, 2.75) is 18.0 Å². The van der Waals surface area contributed by atoms with Gasteiger partial charge < -0.3 is 24.8 Å². The van der Waals surface area contributed by atoms with Gasteiger partial charge in [-0.25, -0.2) is 13.2 Å². The molecule has 236 valence electrons. The van der Waals surface area contributed by atoms with Gasteiger partial charge in [0, 0.05) is 17.8 Å². The number of primary amides is 1. The number of nitrogens with zero attached hydrogens (tertiary/aromatic N) is 1. The van der Waals surface area contributed by atoms with Crippen molar-refractivity contribution in [2.24, 2.45) is 5.73 Å². The van der Waals surface area contributed by atoms with Crippen LogP contribution in [0.25, 0.3) is 11.1 Å². The predicted octanol–water partition coefficient (Wildman–Crippen LogP) is 6.84. The van der Waals surface area contributed by atoms with Gasteiger partial charge in [0.05, 0.1) is 19.3 Å². The highest BCUT2D eigenvalue weighted by Crippen LogP contribution is 2.36. The Hall–Kier alpha value is -5.48. The molecular formula is C36H35N3O6S. The fourth-order valence-corrected chi connectivity index (χ4v) is 6.20. The van der Waals surface area contributed by atoms with E-state index in [0.29, 0.717) is 36.7 Å². The topological polar surface area (TPSA) is 120 Å². The smallest absolute Gasteiger partial charge is 0.404 e. The largest absolute Gasteiger partial charge is 0.495 e. The summed E-state index contributed by atoms with van der Waals surface area (Å²) in [6, 6.07) is 39.1. The van der Waals surface area contributed by atoms with Gasteiger partial charge in [-0.1, -0.05) is 91.0 Å². The van der Waals surface area contributed by atoms with Crippen LogP contribution in [0.3, 0.4) is 0 Å². The van der Waals surface area contributed by atoms with Crippen LogP contribution in [0.2, 0.25) is 0 Å². The summed E-state index contributed by atoms with van der Waals surface area (Å²) >= 11 is 0. The van der Waals surface area contributed by atoms with Gasteiger partial charge in [-0.15, -0.1) is 0 Å². The number of amides is 1. The Bertz CT molecular complexity index is 1870. The maximum Gasteiger partial charge on any atom is 0.404 e. The molecule has 0 aliphatic heterocycles. The lowest BCUT2D eigenvalue weighted by Gasteiger charge is -2.25. The molecule has 0 aliphatic rings. The SMILES string of the molecule is COc1ccc(-c2ccccc2OCc2ccccc2)cc1S(=O)(=O)Nc1cccc(N(CCOC(N)=O)Cc2ccccc2)c1. The first-order valence-corrected chi connectivity index (χ1v) is 16.1. The Morgan fingerprint density at radius 2 is 1.48 bits per heavy atom. The highest BCUT2D eigenvalue weighted by Gasteiger charge is 2.22. The third kappa shape index (κ3) is 8.36. The van der Waals surface area contributed by atoms with Crippen LogP contribution in [-0.4, -0.2) is 34.8 Å². The third-order valence-electron chi connectivity index (χ3n) is 7.17. The first-order valence-electron chi connectivity index (χ1n) is 14.6. The maximum atomic E-state index is 13.9. The summed E-state index contributed by atoms with van der Waals surface area (Å²) in [6.45, 7) is 1.28. The number of carbonyl (C=O) groups excluding carboxylic acids is 1. The van der Waals surface area contributed by atoms with E-state index in [4.69, 9.17) is 19.9 Å². The predicted molar refractivity (Wildman–Crippen MR) is 179 cm³/mol. The van der Waals surface area contributed by atoms with Gasteiger partial charge in [0.25, 0.3) is 10.0 Å². The number of ether oxygens (including phenoxy) is 3. The summed E-state index contributed by atoms with van der Waals surface area (Å²) in [4.78, 5) is 13.1. The molecule has 46 heavy (non-hydrogen) atoms. The second-order valence-corrected chi connectivity index (χ2v) is 12.0. The summed E-state index contributed by atoms with van der Waals surface area (Å²) in [6.07, 6.45) is -0.859. The number of nitrogens with one attached hydrogen (secondary N) is 1. The van der Waals surface area contributed by atoms with Crippen LogP contribution in [0.15, 0.2) is 132 Å². The van der Waals surface area contributed by atoms with Gasteiger partial charge in [0.15, 0.2) is 0 Å². The first-order chi connectivity index (χ1) is 22.3. The zero-order valence-electron chi connectivity index (χ0n) is 25.3. The molecule has 0 unspecified atom stereocenters. The molecule has 10 heteroatoms. The standard InChI is InChI=1S/C36H35N3O6S/c1-43-34-20-19-29(32-17-8-9-18-33(32)45-26-28-13-6-3-7-14-28)23-35(34)46(41,42)38-30-15-10-16-31(24-30)39(21-22-44-36(37)40)25-27-11-4-2-5-12-27/h2-20,23-24,38H,21-22,25-26H2,1H3,(H2,37,40). The molecule has 9 nitrogen and oxygen atoms in total. The first kappa shape index (κ1) is 31.9. The molecule has 0 aromatic heterocycles. The van der Waals surface area contributed by atoms with E-state index in [-0.39, 0.29) is 17.3 Å². The minimum Gasteiger partial charge on any atom is -0.495 e. The fourth-order valence-electron chi connectivity index (χ4n) is 4.96. The molecule has 0 fully saturated rings. The summed E-state index contributed by atoms with van der Waals surface area (Å²) < 4.78 is 47.1. The van der Waals surface area contributed by atoms with Crippen LogP contribution in [0.5, 0.6) is 11.5 Å². The average molecular weight is 638 g/mol. The lowest BCUT2D eigenvalue weighted by atomic mass is 10.0. The lowest BCUT2D eigenvalue weighted by Crippen LogP contribution is -2.29. The minimum atomic E-state index is -4.10. The highest BCUT2D eigenvalue weighted by molar-refractivity contribution is 7.92. The maximum absolute atomic E-state index is 13.9. The van der Waals surface area contributed by atoms with Crippen molar-refractivity contribution in [3.63, 3.8) is 0 Å². The Morgan fingerprint density at radius 3 is 2.20 bits per heavy atom. The molecule has 0 saturated carbocycles. The van der Waals surface area contributed by atoms with Crippen molar-refractivity contribution < 1.29 is 27.4 Å². The second-order valence-electron chi connectivity index (χ2n) is 10.4. The molecule has 5 aromatic rings. The number of hydrogen-bond donors (Lipinski definition) is 2. The van der Waals surface area contributed by atoms with Crippen LogP contribution in [0.1, 0.15) is 11.1 Å². The number of para-hydroxylation sites is 1. The molecule has 0 radical (unpaired) electrons. The number of methoxy groups -OCH3 is 1. The van der Waals surface area contributed by atoms with Gasteiger partial charge in [-0.2, -0.15) is 0 Å². The average Bonchev–Trinajstić information content (AvgIpc) is 3.07. The van der Waals surface area contributed by atoms with E-state index in [9.17, 15) is 13.2 Å². The molecule has 5 aromatic carbocycles. The van der Waals surface area contributed by atoms with Gasteiger partial charge in [-0.3, -0.25) is 4.72 Å². The Labute approximate surface area is 269 Å². The van der Waals surface area contributed by atoms with E-state index in [0.717, 1.165) is 22.4 Å². The van der Waals surface area contributed by atoms with Crippen molar-refractivity contribution in [2.75, 3.05) is 29.9 Å². The van der Waals surface area contributed by atoms with Crippen molar-refractivity contribution >= 4 is 27.5 Å². The number of hydrogen-bond acceptors (Lipinski definition) is 7. The zero-order valence-corrected chi connectivity index (χ0v) is 26.2. The number of benzene rings is 5. The number of sulfonamides is 1. The highest BCUT2D eigenvalue weighted by atomic mass is 32.2. The molecule has 0 heterocycles. The third-order valence-corrected chi connectivity index (χ3v) is 8.58. The summed E-state index contributed by atoms with van der Waals surface area (Å²) in [5, 5.41) is 0. The molecule has 0 saturated heterocycles. The Morgan fingerprint density at radius 1 is 0.783 bits per heavy atom. The van der Waals surface area contributed by atoms with Crippen LogP contribution >= 0.6 is 0 Å². The van der Waals surface area contributed by atoms with Crippen molar-refractivity contribution in [1.29, 1.82) is 0 Å². The molecule has 0 spiro atoms. The fraction of sp³-hybridized carbons (Fsp3) is 0.139. The van der Waals surface area contributed by atoms with E-state index in [1.165, 1.54) is 7.11 Å². The second kappa shape index (κ2) is 15.0. The van der Waals surface area contributed by atoms with Crippen molar-refractivity contribution in [1.82, 2.24) is 0 Å². The number of nitrogens with two attached hydrogens (primary N) is 1. The molecule has 5 rings (SSSR count). The van der Waals surface area contributed by atoms with E-state index in [2.05, 4.69) is 4.72 Å². The monoisotopic (exact) mass is 637 g/mol. The molecule has 1 amide bonds. The van der Waals surface area contributed by atoms with E-state index < -0.39 is 16.1 Å². The van der Waals surface area contributed by atoms with E-state index in [1.807, 2.05) is 95.9 Å². The van der Waals surface area contributed by atoms with Crippen LogP contribution in [0, 0.1) is 0 Å². The molecule has 3 N–H and O–H groups in total. The van der Waals surface area contributed by atoms with Crippen molar-refractivity contribution in [3.05, 3.63) is 139 Å². The van der Waals surface area contributed by atoms with Crippen LogP contribution in [-0.2, 0) is 27.9 Å². The summed E-state index contributed by atoms with van der Waals surface area (Å²) in [5.41, 5.74) is 9.69. The number of carbonyl (C=O) groups is 1. The minimum absolute atomic E-state index is 0.0215. The molecule has 0 aliphatic carbocycles. The molecule has 0 bridgehead atoms. The van der Waals surface area contributed by atoms with Gasteiger partial charge in [0.2, 0.25) is 0 Å². The van der Waals surface area contributed by atoms with Crippen LogP contribution < -0.4 is 24.8 Å². The summed E-state index contributed by atoms with van der Waals surface area (Å²) in [5.74, 6) is 0.823. The molecular weight excluding hydrogens is 602 g/mol. The lowest BCUT2D eigenvalue weighted by molar-refractivity contribution is 0.159. The van der Waals surface area contributed by atoms with Crippen molar-refractivity contribution in [3.8, 4) is 22.6 Å². The van der Waals surface area contributed by atoms with Gasteiger partial charge in [-0.05, 0) is 53.1 Å². The Balaban J connectivity index is 1.41. The zero-order chi connectivity index (χ0) is 32.4. The van der Waals surface area contributed by atoms with Gasteiger partial charge >= 0.3 is 6.09 Å². The number of anilines is 2. The Kier molecular flexibility index (Phi) is 10.4. The van der Waals surface area contributed by atoms with E-state index >= 15 is 0 Å². The van der Waals surface area contributed by atoms with Gasteiger partial charge in [0.1, 0.15) is 29.6 Å². The molecule has 0 atom stereocenters.